The van der Waals surface area contributed by atoms with Gasteiger partial charge in [0.2, 0.25) is 5.91 Å². The molecule has 6 nitrogen and oxygen atoms in total. The molecule has 2 aromatic carbocycles. The van der Waals surface area contributed by atoms with Crippen LogP contribution in [0.5, 0.6) is 5.75 Å². The molecule has 28 heavy (non-hydrogen) atoms. The molecular weight excluding hydrogens is 354 g/mol. The number of benzene rings is 2. The van der Waals surface area contributed by atoms with Gasteiger partial charge in [-0.15, -0.1) is 0 Å². The first-order valence-electron chi connectivity index (χ1n) is 9.90. The quantitative estimate of drug-likeness (QED) is 0.770. The van der Waals surface area contributed by atoms with Crippen LogP contribution in [0.3, 0.4) is 0 Å². The summed E-state index contributed by atoms with van der Waals surface area (Å²) in [7, 11) is 0. The van der Waals surface area contributed by atoms with E-state index in [9.17, 15) is 9.59 Å². The molecule has 4 rings (SSSR count). The summed E-state index contributed by atoms with van der Waals surface area (Å²) in [5.41, 5.74) is 3.60. The number of ether oxygens (including phenoxy) is 1. The van der Waals surface area contributed by atoms with Crippen molar-refractivity contribution >= 4 is 17.5 Å². The normalized spacial score (nSPS) is 18.1. The van der Waals surface area contributed by atoms with E-state index in [1.54, 1.807) is 4.90 Å². The van der Waals surface area contributed by atoms with Crippen molar-refractivity contribution in [1.29, 1.82) is 0 Å². The molecule has 1 unspecified atom stereocenters. The highest BCUT2D eigenvalue weighted by molar-refractivity contribution is 5.98. The molecule has 2 aromatic rings. The Labute approximate surface area is 165 Å². The van der Waals surface area contributed by atoms with Gasteiger partial charge in [-0.1, -0.05) is 36.4 Å². The van der Waals surface area contributed by atoms with E-state index in [0.29, 0.717) is 18.8 Å². The number of amides is 2. The summed E-state index contributed by atoms with van der Waals surface area (Å²) in [5.74, 6) is 0.563. The standard InChI is InChI=1S/C22H25N3O3/c26-21(10-13-25-19-7-3-4-8-20(19)28-16-22(25)27)23-11-14-24-12-9-17-5-1-2-6-18(17)15-24/h1-8H,9-16H2,(H,23,26)/p+1. The van der Waals surface area contributed by atoms with E-state index in [2.05, 4.69) is 29.6 Å². The number of carbonyl (C=O) groups excluding carboxylic acids is 2. The third-order valence-electron chi connectivity index (χ3n) is 5.48. The van der Waals surface area contributed by atoms with Gasteiger partial charge in [-0.3, -0.25) is 9.59 Å². The first-order chi connectivity index (χ1) is 13.7. The first kappa shape index (κ1) is 18.5. The van der Waals surface area contributed by atoms with E-state index < -0.39 is 0 Å². The second-order valence-electron chi connectivity index (χ2n) is 7.35. The Balaban J connectivity index is 1.22. The van der Waals surface area contributed by atoms with Crippen molar-refractivity contribution in [3.8, 4) is 5.75 Å². The van der Waals surface area contributed by atoms with Crippen molar-refractivity contribution in [3.63, 3.8) is 0 Å². The highest BCUT2D eigenvalue weighted by Gasteiger charge is 2.25. The molecule has 0 saturated heterocycles. The van der Waals surface area contributed by atoms with Crippen molar-refractivity contribution in [1.82, 2.24) is 5.32 Å². The maximum absolute atomic E-state index is 12.3. The third kappa shape index (κ3) is 4.17. The molecule has 2 heterocycles. The minimum absolute atomic E-state index is 0.0198. The predicted octanol–water partition coefficient (Wildman–Crippen LogP) is 0.560. The van der Waals surface area contributed by atoms with E-state index in [1.165, 1.54) is 16.0 Å². The van der Waals surface area contributed by atoms with Crippen LogP contribution in [-0.4, -0.2) is 44.6 Å². The zero-order valence-electron chi connectivity index (χ0n) is 15.9. The molecule has 0 spiro atoms. The highest BCUT2D eigenvalue weighted by atomic mass is 16.5. The summed E-state index contributed by atoms with van der Waals surface area (Å²) in [6.45, 7) is 4.09. The number of fused-ring (bicyclic) bond motifs is 2. The molecule has 0 aromatic heterocycles. The molecule has 146 valence electrons. The Bertz CT molecular complexity index is 868. The molecule has 2 amide bonds. The zero-order valence-corrected chi connectivity index (χ0v) is 15.9. The van der Waals surface area contributed by atoms with Gasteiger partial charge in [0, 0.05) is 24.9 Å². The van der Waals surface area contributed by atoms with Gasteiger partial charge in [-0.05, 0) is 17.7 Å². The molecule has 6 heteroatoms. The van der Waals surface area contributed by atoms with Gasteiger partial charge < -0.3 is 19.9 Å². The third-order valence-corrected chi connectivity index (χ3v) is 5.48. The number of nitrogens with one attached hydrogen (secondary N) is 2. The van der Waals surface area contributed by atoms with Gasteiger partial charge in [0.05, 0.1) is 25.3 Å². The van der Waals surface area contributed by atoms with Crippen LogP contribution in [0.4, 0.5) is 5.69 Å². The fourth-order valence-electron chi connectivity index (χ4n) is 3.94. The second kappa shape index (κ2) is 8.44. The molecule has 0 fully saturated rings. The van der Waals surface area contributed by atoms with Crippen molar-refractivity contribution in [3.05, 3.63) is 59.7 Å². The number of rotatable bonds is 6. The number of hydrogen-bond donors (Lipinski definition) is 2. The van der Waals surface area contributed by atoms with Gasteiger partial charge in [0.1, 0.15) is 12.3 Å². The molecule has 1 atom stereocenters. The fourth-order valence-corrected chi connectivity index (χ4v) is 3.94. The van der Waals surface area contributed by atoms with Crippen LogP contribution in [0.15, 0.2) is 48.5 Å². The molecule has 0 radical (unpaired) electrons. The lowest BCUT2D eigenvalue weighted by atomic mass is 10.00. The van der Waals surface area contributed by atoms with Gasteiger partial charge >= 0.3 is 0 Å². The summed E-state index contributed by atoms with van der Waals surface area (Å²) >= 11 is 0. The van der Waals surface area contributed by atoms with Crippen LogP contribution in [-0.2, 0) is 22.6 Å². The van der Waals surface area contributed by atoms with E-state index in [0.717, 1.165) is 31.7 Å². The topological polar surface area (TPSA) is 63.1 Å². The summed E-state index contributed by atoms with van der Waals surface area (Å²) in [5, 5.41) is 3.00. The molecule has 0 bridgehead atoms. The molecule has 0 saturated carbocycles. The Kier molecular flexibility index (Phi) is 5.58. The number of para-hydroxylation sites is 2. The van der Waals surface area contributed by atoms with Gasteiger partial charge in [0.15, 0.2) is 6.61 Å². The van der Waals surface area contributed by atoms with Crippen molar-refractivity contribution in [2.45, 2.75) is 19.4 Å². The average Bonchev–Trinajstić information content (AvgIpc) is 2.73. The summed E-state index contributed by atoms with van der Waals surface area (Å²) in [6, 6.07) is 16.0. The van der Waals surface area contributed by atoms with Crippen LogP contribution in [0.1, 0.15) is 17.5 Å². The van der Waals surface area contributed by atoms with E-state index in [4.69, 9.17) is 4.74 Å². The Morgan fingerprint density at radius 1 is 1.11 bits per heavy atom. The van der Waals surface area contributed by atoms with Crippen molar-refractivity contribution < 1.29 is 19.2 Å². The van der Waals surface area contributed by atoms with E-state index in [1.807, 2.05) is 24.3 Å². The predicted molar refractivity (Wildman–Crippen MR) is 106 cm³/mol. The molecule has 2 aliphatic rings. The van der Waals surface area contributed by atoms with Gasteiger partial charge in [0.25, 0.3) is 5.91 Å². The summed E-state index contributed by atoms with van der Waals surface area (Å²) in [4.78, 5) is 27.6. The Morgan fingerprint density at radius 3 is 2.79 bits per heavy atom. The number of carbonyl (C=O) groups is 2. The monoisotopic (exact) mass is 380 g/mol. The van der Waals surface area contributed by atoms with Crippen LogP contribution in [0.25, 0.3) is 0 Å². The molecule has 0 aliphatic carbocycles. The Morgan fingerprint density at radius 2 is 1.89 bits per heavy atom. The minimum Gasteiger partial charge on any atom is -0.482 e. The van der Waals surface area contributed by atoms with Crippen molar-refractivity contribution in [2.24, 2.45) is 0 Å². The van der Waals surface area contributed by atoms with E-state index >= 15 is 0 Å². The lowest BCUT2D eigenvalue weighted by Crippen LogP contribution is -3.12. The number of quaternary nitrogens is 1. The van der Waals surface area contributed by atoms with Crippen LogP contribution >= 0.6 is 0 Å². The average molecular weight is 380 g/mol. The summed E-state index contributed by atoms with van der Waals surface area (Å²) in [6.07, 6.45) is 1.39. The van der Waals surface area contributed by atoms with Gasteiger partial charge in [-0.2, -0.15) is 0 Å². The first-order valence-corrected chi connectivity index (χ1v) is 9.90. The van der Waals surface area contributed by atoms with Crippen LogP contribution in [0.2, 0.25) is 0 Å². The molecule has 2 N–H and O–H groups in total. The molecular formula is C22H26N3O3+. The number of hydrogen-bond acceptors (Lipinski definition) is 3. The maximum atomic E-state index is 12.3. The smallest absolute Gasteiger partial charge is 0.265 e. The van der Waals surface area contributed by atoms with Crippen LogP contribution < -0.4 is 19.9 Å². The maximum Gasteiger partial charge on any atom is 0.265 e. The zero-order chi connectivity index (χ0) is 19.3. The van der Waals surface area contributed by atoms with Crippen molar-refractivity contribution in [2.75, 3.05) is 37.7 Å². The minimum atomic E-state index is -0.108. The number of nitrogens with zero attached hydrogens (tertiary/aromatic N) is 1. The van der Waals surface area contributed by atoms with Gasteiger partial charge in [-0.25, -0.2) is 0 Å². The lowest BCUT2D eigenvalue weighted by Gasteiger charge is -2.29. The SMILES string of the molecule is O=C(CCN1C(=O)COc2ccccc21)NCC[NH+]1CCc2ccccc2C1. The second-order valence-corrected chi connectivity index (χ2v) is 7.35. The number of anilines is 1. The highest BCUT2D eigenvalue weighted by Crippen LogP contribution is 2.31. The molecule has 2 aliphatic heterocycles. The van der Waals surface area contributed by atoms with Crippen LogP contribution in [0, 0.1) is 0 Å². The largest absolute Gasteiger partial charge is 0.482 e. The fraction of sp³-hybridized carbons (Fsp3) is 0.364. The lowest BCUT2D eigenvalue weighted by molar-refractivity contribution is -0.914. The van der Waals surface area contributed by atoms with E-state index in [-0.39, 0.29) is 24.8 Å². The summed E-state index contributed by atoms with van der Waals surface area (Å²) < 4.78 is 5.44. The Hall–Kier alpha value is -2.86.